The molecule has 82 valence electrons. The van der Waals surface area contributed by atoms with Gasteiger partial charge in [0.1, 0.15) is 0 Å². The lowest BCUT2D eigenvalue weighted by Gasteiger charge is -2.15. The lowest BCUT2D eigenvalue weighted by atomic mass is 10.2. The van der Waals surface area contributed by atoms with Crippen LogP contribution in [0.3, 0.4) is 0 Å². The molecule has 2 atom stereocenters. The van der Waals surface area contributed by atoms with Crippen molar-refractivity contribution in [3.63, 3.8) is 0 Å². The van der Waals surface area contributed by atoms with Gasteiger partial charge in [-0.25, -0.2) is 9.59 Å². The van der Waals surface area contributed by atoms with Gasteiger partial charge in [0.05, 0.1) is 7.11 Å². The first-order chi connectivity index (χ1) is 6.56. The summed E-state index contributed by atoms with van der Waals surface area (Å²) < 4.78 is 9.16. The molecule has 0 aromatic heterocycles. The van der Waals surface area contributed by atoms with E-state index < -0.39 is 24.1 Å². The Kier molecular flexibility index (Phi) is 5.87. The van der Waals surface area contributed by atoms with Crippen LogP contribution in [0.1, 0.15) is 26.7 Å². The molecule has 0 radical (unpaired) electrons. The van der Waals surface area contributed by atoms with E-state index >= 15 is 0 Å². The van der Waals surface area contributed by atoms with Gasteiger partial charge in [0, 0.05) is 0 Å². The van der Waals surface area contributed by atoms with Crippen LogP contribution in [0, 0.1) is 0 Å². The number of methoxy groups -OCH3 is 1. The molecule has 0 aliphatic carbocycles. The van der Waals surface area contributed by atoms with E-state index in [0.717, 1.165) is 0 Å². The van der Waals surface area contributed by atoms with E-state index in [-0.39, 0.29) is 6.42 Å². The van der Waals surface area contributed by atoms with Crippen molar-refractivity contribution >= 4 is 11.9 Å². The number of aliphatic hydroxyl groups excluding tert-OH is 1. The van der Waals surface area contributed by atoms with Gasteiger partial charge in [-0.15, -0.1) is 0 Å². The number of hydrogen-bond acceptors (Lipinski definition) is 5. The Morgan fingerprint density at radius 1 is 1.21 bits per heavy atom. The van der Waals surface area contributed by atoms with Crippen molar-refractivity contribution in [2.75, 3.05) is 7.11 Å². The zero-order chi connectivity index (χ0) is 11.1. The maximum atomic E-state index is 11.1. The predicted octanol–water partition coefficient (Wildman–Crippen LogP) is 0.252. The second-order valence-corrected chi connectivity index (χ2v) is 2.78. The molecule has 0 fully saturated rings. The summed E-state index contributed by atoms with van der Waals surface area (Å²) in [4.78, 5) is 22.1. The number of esters is 2. The van der Waals surface area contributed by atoms with E-state index in [1.807, 2.05) is 0 Å². The third-order valence-corrected chi connectivity index (χ3v) is 1.75. The number of aliphatic hydroxyl groups is 1. The Morgan fingerprint density at radius 2 is 1.79 bits per heavy atom. The van der Waals surface area contributed by atoms with Crippen molar-refractivity contribution in [2.24, 2.45) is 0 Å². The van der Waals surface area contributed by atoms with E-state index in [4.69, 9.17) is 9.84 Å². The van der Waals surface area contributed by atoms with Crippen LogP contribution in [0.25, 0.3) is 0 Å². The van der Waals surface area contributed by atoms with Crippen molar-refractivity contribution in [1.82, 2.24) is 0 Å². The smallest absolute Gasteiger partial charge is 0.347 e. The lowest BCUT2D eigenvalue weighted by molar-refractivity contribution is -0.171. The molecule has 0 aliphatic heterocycles. The van der Waals surface area contributed by atoms with Gasteiger partial charge in [-0.3, -0.25) is 0 Å². The van der Waals surface area contributed by atoms with Gasteiger partial charge in [0.2, 0.25) is 0 Å². The van der Waals surface area contributed by atoms with Crippen LogP contribution in [0.4, 0.5) is 0 Å². The van der Waals surface area contributed by atoms with Gasteiger partial charge >= 0.3 is 11.9 Å². The average molecular weight is 204 g/mol. The maximum absolute atomic E-state index is 11.1. The standard InChI is InChI=1S/C9H16O5/c1-4-6(10)8(11)14-7(5-2)9(12)13-3/h6-7,10H,4-5H2,1-3H3. The van der Waals surface area contributed by atoms with E-state index in [1.165, 1.54) is 7.11 Å². The number of carbonyl (C=O) groups is 2. The fourth-order valence-electron chi connectivity index (χ4n) is 0.815. The quantitative estimate of drug-likeness (QED) is 0.650. The minimum absolute atomic E-state index is 0.260. The summed E-state index contributed by atoms with van der Waals surface area (Å²) in [7, 11) is 1.22. The first-order valence-electron chi connectivity index (χ1n) is 4.53. The molecule has 0 aromatic rings. The molecule has 0 saturated heterocycles. The Labute approximate surface area is 83.0 Å². The van der Waals surface area contributed by atoms with Gasteiger partial charge < -0.3 is 14.6 Å². The first-order valence-corrected chi connectivity index (χ1v) is 4.53. The Bertz CT molecular complexity index is 201. The van der Waals surface area contributed by atoms with E-state index in [2.05, 4.69) is 4.74 Å². The molecule has 0 spiro atoms. The van der Waals surface area contributed by atoms with Crippen molar-refractivity contribution in [2.45, 2.75) is 38.9 Å². The monoisotopic (exact) mass is 204 g/mol. The van der Waals surface area contributed by atoms with Gasteiger partial charge in [-0.2, -0.15) is 0 Å². The van der Waals surface area contributed by atoms with Gasteiger partial charge in [-0.1, -0.05) is 13.8 Å². The zero-order valence-electron chi connectivity index (χ0n) is 8.65. The molecule has 0 rings (SSSR count). The second kappa shape index (κ2) is 6.37. The molecule has 0 heterocycles. The zero-order valence-corrected chi connectivity index (χ0v) is 8.65. The van der Waals surface area contributed by atoms with Gasteiger partial charge in [0.15, 0.2) is 12.2 Å². The van der Waals surface area contributed by atoms with Crippen LogP contribution in [-0.4, -0.2) is 36.4 Å². The molecule has 0 bridgehead atoms. The fourth-order valence-corrected chi connectivity index (χ4v) is 0.815. The second-order valence-electron chi connectivity index (χ2n) is 2.78. The molecule has 5 nitrogen and oxygen atoms in total. The van der Waals surface area contributed by atoms with Crippen LogP contribution in [-0.2, 0) is 19.1 Å². The lowest BCUT2D eigenvalue weighted by Crippen LogP contribution is -2.32. The van der Waals surface area contributed by atoms with Crippen molar-refractivity contribution in [1.29, 1.82) is 0 Å². The fraction of sp³-hybridized carbons (Fsp3) is 0.778. The summed E-state index contributed by atoms with van der Waals surface area (Å²) in [6.45, 7) is 3.33. The maximum Gasteiger partial charge on any atom is 0.347 e. The number of rotatable bonds is 5. The highest BCUT2D eigenvalue weighted by atomic mass is 16.6. The molecule has 0 amide bonds. The number of hydrogen-bond donors (Lipinski definition) is 1. The Hall–Kier alpha value is -1.10. The van der Waals surface area contributed by atoms with Crippen molar-refractivity contribution in [3.05, 3.63) is 0 Å². The molecule has 2 unspecified atom stereocenters. The van der Waals surface area contributed by atoms with E-state index in [9.17, 15) is 9.59 Å². The summed E-state index contributed by atoms with van der Waals surface area (Å²) in [6, 6.07) is 0. The number of ether oxygens (including phenoxy) is 2. The third kappa shape index (κ3) is 3.74. The van der Waals surface area contributed by atoms with Crippen LogP contribution in [0.2, 0.25) is 0 Å². The highest BCUT2D eigenvalue weighted by Gasteiger charge is 2.24. The van der Waals surface area contributed by atoms with Gasteiger partial charge in [-0.05, 0) is 12.8 Å². The van der Waals surface area contributed by atoms with Crippen LogP contribution in [0.5, 0.6) is 0 Å². The molecular weight excluding hydrogens is 188 g/mol. The molecule has 0 saturated carbocycles. The van der Waals surface area contributed by atoms with Crippen LogP contribution >= 0.6 is 0 Å². The van der Waals surface area contributed by atoms with Gasteiger partial charge in [0.25, 0.3) is 0 Å². The largest absolute Gasteiger partial charge is 0.466 e. The third-order valence-electron chi connectivity index (χ3n) is 1.75. The minimum atomic E-state index is -1.17. The molecule has 5 heteroatoms. The first kappa shape index (κ1) is 12.9. The predicted molar refractivity (Wildman–Crippen MR) is 48.5 cm³/mol. The van der Waals surface area contributed by atoms with Crippen LogP contribution in [0.15, 0.2) is 0 Å². The minimum Gasteiger partial charge on any atom is -0.466 e. The highest BCUT2D eigenvalue weighted by Crippen LogP contribution is 2.04. The van der Waals surface area contributed by atoms with Crippen molar-refractivity contribution < 1.29 is 24.2 Å². The summed E-state index contributed by atoms with van der Waals surface area (Å²) in [6.07, 6.45) is -1.51. The molecular formula is C9H16O5. The molecule has 14 heavy (non-hydrogen) atoms. The normalized spacial score (nSPS) is 14.3. The molecule has 0 aliphatic rings. The van der Waals surface area contributed by atoms with E-state index in [0.29, 0.717) is 6.42 Å². The summed E-state index contributed by atoms with van der Waals surface area (Å²) in [5.74, 6) is -1.39. The average Bonchev–Trinajstić information content (AvgIpc) is 2.22. The molecule has 0 aromatic carbocycles. The summed E-state index contributed by atoms with van der Waals surface area (Å²) >= 11 is 0. The Balaban J connectivity index is 4.18. The SMILES string of the molecule is CCC(O)C(=O)OC(CC)C(=O)OC. The molecule has 1 N–H and O–H groups in total. The van der Waals surface area contributed by atoms with E-state index in [1.54, 1.807) is 13.8 Å². The Morgan fingerprint density at radius 3 is 2.14 bits per heavy atom. The highest BCUT2D eigenvalue weighted by molar-refractivity contribution is 5.81. The van der Waals surface area contributed by atoms with Crippen molar-refractivity contribution in [3.8, 4) is 0 Å². The number of carbonyl (C=O) groups excluding carboxylic acids is 2. The summed E-state index contributed by atoms with van der Waals surface area (Å²) in [5, 5.41) is 9.10. The topological polar surface area (TPSA) is 72.8 Å². The summed E-state index contributed by atoms with van der Waals surface area (Å²) in [5.41, 5.74) is 0. The van der Waals surface area contributed by atoms with Crippen LogP contribution < -0.4 is 0 Å².